The van der Waals surface area contributed by atoms with E-state index in [1.54, 1.807) is 26.2 Å². The standard InChI is InChI=1S/C30H34N4O7/c1-33(2)12-15-9-13(5-7-19(15)31)16-6-8-20(35)22-17(16)10-14-11-18-24(34(3)4)26(37)23(29(32)40)28(39)30(18,41)27(38)21(14)25(22)36/h5-9,14,18,21,23-24,35,41H,10-12,31H2,1-4H3,(H2,32,40)/t14-,18-,21?,23?,24-,30-/m0/s1. The molecule has 0 saturated heterocycles. The van der Waals surface area contributed by atoms with Crippen LogP contribution in [0.4, 0.5) is 5.69 Å². The van der Waals surface area contributed by atoms with E-state index in [1.807, 2.05) is 31.1 Å². The number of rotatable bonds is 5. The van der Waals surface area contributed by atoms with Crippen molar-refractivity contribution in [1.29, 1.82) is 0 Å². The third-order valence-corrected chi connectivity index (χ3v) is 8.89. The van der Waals surface area contributed by atoms with Gasteiger partial charge in [-0.3, -0.25) is 28.9 Å². The van der Waals surface area contributed by atoms with Crippen LogP contribution in [0.5, 0.6) is 5.75 Å². The molecule has 0 aliphatic heterocycles. The Morgan fingerprint density at radius 1 is 1.05 bits per heavy atom. The molecule has 6 atom stereocenters. The molecule has 5 rings (SSSR count). The summed E-state index contributed by atoms with van der Waals surface area (Å²) in [4.78, 5) is 70.1. The number of phenols is 1. The minimum Gasteiger partial charge on any atom is -0.507 e. The quantitative estimate of drug-likeness (QED) is 0.289. The molecule has 2 fully saturated rings. The van der Waals surface area contributed by atoms with Crippen LogP contribution in [0, 0.1) is 23.7 Å². The summed E-state index contributed by atoms with van der Waals surface area (Å²) in [5, 5.41) is 22.5. The Labute approximate surface area is 237 Å². The predicted octanol–water partition coefficient (Wildman–Crippen LogP) is 0.178. The molecular weight excluding hydrogens is 528 g/mol. The lowest BCUT2D eigenvalue weighted by Crippen LogP contribution is -2.74. The number of hydrogen-bond donors (Lipinski definition) is 4. The molecule has 3 aliphatic rings. The molecule has 216 valence electrons. The van der Waals surface area contributed by atoms with E-state index in [0.717, 1.165) is 11.1 Å². The molecule has 11 nitrogen and oxygen atoms in total. The van der Waals surface area contributed by atoms with Crippen LogP contribution < -0.4 is 11.5 Å². The minimum absolute atomic E-state index is 0.00733. The number of nitrogen functional groups attached to an aromatic ring is 1. The number of aliphatic hydroxyl groups is 1. The summed E-state index contributed by atoms with van der Waals surface area (Å²) in [6.07, 6.45) is 0.176. The molecule has 11 heteroatoms. The molecule has 41 heavy (non-hydrogen) atoms. The van der Waals surface area contributed by atoms with E-state index >= 15 is 0 Å². The van der Waals surface area contributed by atoms with Crippen molar-refractivity contribution in [1.82, 2.24) is 9.80 Å². The third kappa shape index (κ3) is 4.18. The number of carbonyl (C=O) groups excluding carboxylic acids is 5. The van der Waals surface area contributed by atoms with Crippen molar-refractivity contribution in [2.24, 2.45) is 29.4 Å². The monoisotopic (exact) mass is 562 g/mol. The first-order valence-corrected chi connectivity index (χ1v) is 13.4. The fourth-order valence-electron chi connectivity index (χ4n) is 7.13. The van der Waals surface area contributed by atoms with Crippen LogP contribution in [0.15, 0.2) is 30.3 Å². The summed E-state index contributed by atoms with van der Waals surface area (Å²) in [5.74, 6) is -10.7. The van der Waals surface area contributed by atoms with Crippen LogP contribution in [0.25, 0.3) is 11.1 Å². The van der Waals surface area contributed by atoms with Crippen molar-refractivity contribution in [3.05, 3.63) is 47.0 Å². The maximum absolute atomic E-state index is 14.0. The van der Waals surface area contributed by atoms with E-state index in [1.165, 1.54) is 11.0 Å². The first kappa shape index (κ1) is 28.6. The van der Waals surface area contributed by atoms with Gasteiger partial charge in [-0.25, -0.2) is 0 Å². The molecule has 0 radical (unpaired) electrons. The molecule has 2 aromatic rings. The fraction of sp³-hybridized carbons (Fsp3) is 0.433. The number of carbonyl (C=O) groups is 5. The topological polar surface area (TPSA) is 184 Å². The van der Waals surface area contributed by atoms with Gasteiger partial charge in [-0.1, -0.05) is 12.1 Å². The number of Topliss-reactive ketones (excluding diaryl/α,β-unsaturated/α-hetero) is 4. The van der Waals surface area contributed by atoms with Gasteiger partial charge in [0.15, 0.2) is 34.7 Å². The van der Waals surface area contributed by atoms with Crippen molar-refractivity contribution in [2.45, 2.75) is 31.0 Å². The van der Waals surface area contributed by atoms with Gasteiger partial charge in [0.25, 0.3) is 0 Å². The minimum atomic E-state index is -2.75. The van der Waals surface area contributed by atoms with E-state index in [0.29, 0.717) is 23.4 Å². The number of fused-ring (bicyclic) bond motifs is 3. The van der Waals surface area contributed by atoms with Gasteiger partial charge in [0.1, 0.15) is 5.75 Å². The second-order valence-corrected chi connectivity index (χ2v) is 11.9. The van der Waals surface area contributed by atoms with Gasteiger partial charge in [0, 0.05) is 18.2 Å². The lowest BCUT2D eigenvalue weighted by atomic mass is 9.52. The maximum Gasteiger partial charge on any atom is 0.235 e. The van der Waals surface area contributed by atoms with Gasteiger partial charge in [0.05, 0.1) is 17.5 Å². The highest BCUT2D eigenvalue weighted by atomic mass is 16.3. The average molecular weight is 563 g/mol. The van der Waals surface area contributed by atoms with E-state index in [9.17, 15) is 34.2 Å². The molecule has 2 saturated carbocycles. The normalized spacial score (nSPS) is 29.4. The molecule has 0 bridgehead atoms. The Balaban J connectivity index is 1.64. The Morgan fingerprint density at radius 3 is 2.34 bits per heavy atom. The third-order valence-electron chi connectivity index (χ3n) is 8.89. The number of benzene rings is 2. The first-order chi connectivity index (χ1) is 19.2. The van der Waals surface area contributed by atoms with Gasteiger partial charge >= 0.3 is 0 Å². The molecule has 1 amide bonds. The number of nitrogens with zero attached hydrogens (tertiary/aromatic N) is 2. The molecular formula is C30H34N4O7. The van der Waals surface area contributed by atoms with E-state index in [4.69, 9.17) is 11.5 Å². The zero-order chi connectivity index (χ0) is 30.1. The van der Waals surface area contributed by atoms with Crippen LogP contribution in [0.1, 0.15) is 27.9 Å². The smallest absolute Gasteiger partial charge is 0.235 e. The largest absolute Gasteiger partial charge is 0.507 e. The molecule has 2 unspecified atom stereocenters. The Bertz CT molecular complexity index is 1520. The highest BCUT2D eigenvalue weighted by Crippen LogP contribution is 2.51. The summed E-state index contributed by atoms with van der Waals surface area (Å²) in [6, 6.07) is 7.48. The van der Waals surface area contributed by atoms with E-state index < -0.39 is 64.4 Å². The van der Waals surface area contributed by atoms with Gasteiger partial charge in [-0.05, 0) is 87.4 Å². The SMILES string of the molecule is CN(C)Cc1cc(-c2ccc(O)c3c2C[C@H]2C[C@H]4[C@H](N(C)C)C(=O)C(C(N)=O)C(=O)[C@@]4(O)C(=O)C2C3=O)ccc1N. The first-order valence-electron chi connectivity index (χ1n) is 13.4. The molecule has 3 aliphatic carbocycles. The van der Waals surface area contributed by atoms with E-state index in [-0.39, 0.29) is 24.2 Å². The van der Waals surface area contributed by atoms with Gasteiger partial charge in [-0.2, -0.15) is 0 Å². The second-order valence-electron chi connectivity index (χ2n) is 11.9. The van der Waals surface area contributed by atoms with Crippen LogP contribution >= 0.6 is 0 Å². The van der Waals surface area contributed by atoms with Crippen LogP contribution in [0.2, 0.25) is 0 Å². The van der Waals surface area contributed by atoms with Crippen molar-refractivity contribution < 1.29 is 34.2 Å². The molecule has 2 aromatic carbocycles. The highest BCUT2D eigenvalue weighted by Gasteiger charge is 2.69. The van der Waals surface area contributed by atoms with Crippen molar-refractivity contribution >= 4 is 34.7 Å². The van der Waals surface area contributed by atoms with Crippen molar-refractivity contribution in [2.75, 3.05) is 33.9 Å². The maximum atomic E-state index is 14.0. The number of nitrogens with two attached hydrogens (primary N) is 2. The lowest BCUT2D eigenvalue weighted by Gasteiger charge is -2.52. The predicted molar refractivity (Wildman–Crippen MR) is 149 cm³/mol. The molecule has 6 N–H and O–H groups in total. The van der Waals surface area contributed by atoms with Gasteiger partial charge in [-0.15, -0.1) is 0 Å². The number of amides is 1. The Morgan fingerprint density at radius 2 is 1.73 bits per heavy atom. The Kier molecular flexibility index (Phi) is 6.88. The van der Waals surface area contributed by atoms with Crippen LogP contribution in [-0.4, -0.2) is 88.9 Å². The van der Waals surface area contributed by atoms with Crippen molar-refractivity contribution in [3.8, 4) is 16.9 Å². The second kappa shape index (κ2) is 9.86. The molecule has 0 heterocycles. The van der Waals surface area contributed by atoms with Crippen LogP contribution in [-0.2, 0) is 32.1 Å². The fourth-order valence-corrected chi connectivity index (χ4v) is 7.13. The van der Waals surface area contributed by atoms with Gasteiger partial charge in [0.2, 0.25) is 5.91 Å². The Hall–Kier alpha value is -3.93. The summed E-state index contributed by atoms with van der Waals surface area (Å²) in [6.45, 7) is 0.582. The zero-order valence-electron chi connectivity index (χ0n) is 23.4. The number of primary amides is 1. The summed E-state index contributed by atoms with van der Waals surface area (Å²) >= 11 is 0. The summed E-state index contributed by atoms with van der Waals surface area (Å²) in [5.41, 5.74) is 12.3. The number of aromatic hydroxyl groups is 1. The number of ketones is 4. The number of likely N-dealkylation sites (N-methyl/N-ethyl adjacent to an activating group) is 1. The summed E-state index contributed by atoms with van der Waals surface area (Å²) in [7, 11) is 6.94. The molecule has 0 spiro atoms. The number of phenolic OH excluding ortho intramolecular Hbond substituents is 1. The number of anilines is 1. The highest BCUT2D eigenvalue weighted by molar-refractivity contribution is 6.32. The summed E-state index contributed by atoms with van der Waals surface area (Å²) < 4.78 is 0. The van der Waals surface area contributed by atoms with Crippen LogP contribution in [0.3, 0.4) is 0 Å². The average Bonchev–Trinajstić information content (AvgIpc) is 2.87. The van der Waals surface area contributed by atoms with Crippen molar-refractivity contribution in [3.63, 3.8) is 0 Å². The number of hydrogen-bond acceptors (Lipinski definition) is 10. The zero-order valence-corrected chi connectivity index (χ0v) is 23.4. The molecule has 0 aromatic heterocycles. The lowest BCUT2D eigenvalue weighted by molar-refractivity contribution is -0.181. The van der Waals surface area contributed by atoms with E-state index in [2.05, 4.69) is 0 Å². The van der Waals surface area contributed by atoms with Gasteiger partial charge < -0.3 is 26.6 Å².